The highest BCUT2D eigenvalue weighted by Crippen LogP contribution is 2.40. The van der Waals surface area contributed by atoms with Gasteiger partial charge in [0.15, 0.2) is 8.07 Å². The van der Waals surface area contributed by atoms with Crippen molar-refractivity contribution in [3.05, 3.63) is 218 Å². The van der Waals surface area contributed by atoms with Gasteiger partial charge in [-0.2, -0.15) is 0 Å². The first-order valence-corrected chi connectivity index (χ1v) is 21.8. The van der Waals surface area contributed by atoms with E-state index in [9.17, 15) is 0 Å². The maximum Gasteiger partial charge on any atom is 0.184 e. The maximum atomic E-state index is 2.57. The molecule has 1 aliphatic heterocycles. The number of aromatic nitrogens is 2. The molecular weight excluding hydrogens is 705 g/mol. The molecule has 0 bridgehead atoms. The first-order valence-electron chi connectivity index (χ1n) is 19.8. The van der Waals surface area contributed by atoms with Crippen LogP contribution in [0, 0.1) is 0 Å². The summed E-state index contributed by atoms with van der Waals surface area (Å²) in [6.07, 6.45) is 0. The van der Waals surface area contributed by atoms with E-state index < -0.39 is 8.07 Å². The standard InChI is InChI=1S/C54H36N2Si/c1-4-17-37(18-5-1)39-21-16-24-43(33-39)57(42-22-8-3-9-23-42)52-30-15-14-29-51(52)56-49-28-13-11-26-45(49)47-35-41(36-53(57)54(47)56)55-48-27-12-10-25-44(48)46-34-40(31-32-50(46)55)38-19-6-2-7-20-38/h1-36H. The van der Waals surface area contributed by atoms with Gasteiger partial charge in [0.25, 0.3) is 0 Å². The molecule has 0 spiro atoms. The highest BCUT2D eigenvalue weighted by atomic mass is 28.3. The van der Waals surface area contributed by atoms with Crippen LogP contribution < -0.4 is 20.7 Å². The van der Waals surface area contributed by atoms with Crippen LogP contribution in [0.3, 0.4) is 0 Å². The SMILES string of the molecule is c1ccc(-c2cccc([Si]3(c4ccccc4)c4ccccc4-n4c5ccccc5c5cc(-n6c7ccccc7c7cc(-c8ccccc8)ccc76)cc3c54)c2)cc1. The zero-order valence-corrected chi connectivity index (χ0v) is 32.2. The Morgan fingerprint density at radius 1 is 0.298 bits per heavy atom. The quantitative estimate of drug-likeness (QED) is 0.156. The lowest BCUT2D eigenvalue weighted by Crippen LogP contribution is -2.76. The molecule has 9 aromatic carbocycles. The van der Waals surface area contributed by atoms with E-state index in [1.54, 1.807) is 0 Å². The smallest absolute Gasteiger partial charge is 0.184 e. The van der Waals surface area contributed by atoms with Crippen LogP contribution >= 0.6 is 0 Å². The third-order valence-electron chi connectivity index (χ3n) is 12.4. The third kappa shape index (κ3) is 4.58. The van der Waals surface area contributed by atoms with E-state index in [0.717, 1.165) is 0 Å². The van der Waals surface area contributed by atoms with Gasteiger partial charge in [0.2, 0.25) is 0 Å². The van der Waals surface area contributed by atoms with Gasteiger partial charge >= 0.3 is 0 Å². The van der Waals surface area contributed by atoms with E-state index in [4.69, 9.17) is 0 Å². The minimum Gasteiger partial charge on any atom is -0.309 e. The number of hydrogen-bond donors (Lipinski definition) is 0. The summed E-state index contributed by atoms with van der Waals surface area (Å²) in [6.45, 7) is 0. The Morgan fingerprint density at radius 3 is 1.58 bits per heavy atom. The maximum absolute atomic E-state index is 3.00. The van der Waals surface area contributed by atoms with Gasteiger partial charge in [0.1, 0.15) is 0 Å². The lowest BCUT2D eigenvalue weighted by atomic mass is 10.0. The molecule has 0 N–H and O–H groups in total. The summed E-state index contributed by atoms with van der Waals surface area (Å²) in [5, 5.41) is 10.7. The molecule has 0 amide bonds. The Kier molecular flexibility index (Phi) is 6.98. The van der Waals surface area contributed by atoms with E-state index in [1.165, 1.54) is 98.0 Å². The molecule has 2 aromatic heterocycles. The monoisotopic (exact) mass is 740 g/mol. The van der Waals surface area contributed by atoms with Gasteiger partial charge < -0.3 is 9.13 Å². The number of benzene rings is 9. The summed E-state index contributed by atoms with van der Waals surface area (Å²) in [7, 11) is -3.00. The molecule has 3 heteroatoms. The van der Waals surface area contributed by atoms with Crippen LogP contribution in [0.25, 0.3) is 77.2 Å². The molecule has 0 radical (unpaired) electrons. The van der Waals surface area contributed by atoms with Crippen LogP contribution in [0.4, 0.5) is 0 Å². The predicted octanol–water partition coefficient (Wildman–Crippen LogP) is 10.9. The first kappa shape index (κ1) is 32.1. The van der Waals surface area contributed by atoms with Gasteiger partial charge in [-0.3, -0.25) is 0 Å². The molecule has 1 aliphatic rings. The molecule has 0 saturated heterocycles. The highest BCUT2D eigenvalue weighted by molar-refractivity contribution is 7.21. The second-order valence-corrected chi connectivity index (χ2v) is 19.0. The molecule has 0 aliphatic carbocycles. The molecule has 12 rings (SSSR count). The zero-order valence-electron chi connectivity index (χ0n) is 31.2. The fourth-order valence-electron chi connectivity index (χ4n) is 9.98. The summed E-state index contributed by atoms with van der Waals surface area (Å²) in [4.78, 5) is 0. The Morgan fingerprint density at radius 2 is 0.842 bits per heavy atom. The number of para-hydroxylation sites is 3. The van der Waals surface area contributed by atoms with E-state index in [0.29, 0.717) is 0 Å². The molecule has 0 fully saturated rings. The van der Waals surface area contributed by atoms with Crippen LogP contribution in [0.5, 0.6) is 0 Å². The van der Waals surface area contributed by atoms with Crippen molar-refractivity contribution in [3.8, 4) is 33.6 Å². The van der Waals surface area contributed by atoms with Crippen molar-refractivity contribution in [1.82, 2.24) is 9.13 Å². The number of fused-ring (bicyclic) bond motifs is 8. The molecule has 1 atom stereocenters. The number of hydrogen-bond acceptors (Lipinski definition) is 0. The van der Waals surface area contributed by atoms with E-state index in [2.05, 4.69) is 228 Å². The Hall–Kier alpha value is -7.20. The van der Waals surface area contributed by atoms with Crippen LogP contribution in [-0.2, 0) is 0 Å². The summed E-state index contributed by atoms with van der Waals surface area (Å²) < 4.78 is 5.08. The number of rotatable bonds is 5. The van der Waals surface area contributed by atoms with Gasteiger partial charge in [0, 0.05) is 32.9 Å². The van der Waals surface area contributed by atoms with Crippen molar-refractivity contribution in [1.29, 1.82) is 0 Å². The van der Waals surface area contributed by atoms with Gasteiger partial charge in [-0.15, -0.1) is 0 Å². The van der Waals surface area contributed by atoms with Crippen LogP contribution in [0.2, 0.25) is 0 Å². The average Bonchev–Trinajstić information content (AvgIpc) is 3.81. The third-order valence-corrected chi connectivity index (χ3v) is 17.2. The summed E-state index contributed by atoms with van der Waals surface area (Å²) in [5.41, 5.74) is 12.4. The van der Waals surface area contributed by atoms with Gasteiger partial charge in [-0.25, -0.2) is 0 Å². The fourth-order valence-corrected chi connectivity index (χ4v) is 15.1. The molecule has 0 saturated carbocycles. The van der Waals surface area contributed by atoms with E-state index in [1.807, 2.05) is 0 Å². The molecular formula is C54H36N2Si. The topological polar surface area (TPSA) is 9.86 Å². The molecule has 1 unspecified atom stereocenters. The van der Waals surface area contributed by atoms with Gasteiger partial charge in [-0.1, -0.05) is 176 Å². The second kappa shape index (κ2) is 12.4. The van der Waals surface area contributed by atoms with Crippen molar-refractivity contribution in [3.63, 3.8) is 0 Å². The predicted molar refractivity (Wildman–Crippen MR) is 243 cm³/mol. The van der Waals surface area contributed by atoms with Crippen LogP contribution in [0.15, 0.2) is 218 Å². The molecule has 57 heavy (non-hydrogen) atoms. The van der Waals surface area contributed by atoms with Crippen LogP contribution in [-0.4, -0.2) is 17.2 Å². The Bertz CT molecular complexity index is 3340. The fraction of sp³-hybridized carbons (Fsp3) is 0. The average molecular weight is 741 g/mol. The largest absolute Gasteiger partial charge is 0.309 e. The molecule has 11 aromatic rings. The zero-order chi connectivity index (χ0) is 37.5. The summed E-state index contributed by atoms with van der Waals surface area (Å²) in [6, 6.07) is 81.6. The van der Waals surface area contributed by atoms with E-state index in [-0.39, 0.29) is 0 Å². The summed E-state index contributed by atoms with van der Waals surface area (Å²) >= 11 is 0. The van der Waals surface area contributed by atoms with Gasteiger partial charge in [0.05, 0.1) is 22.1 Å². The molecule has 3 heterocycles. The molecule has 2 nitrogen and oxygen atoms in total. The van der Waals surface area contributed by atoms with Crippen molar-refractivity contribution >= 4 is 72.4 Å². The normalized spacial score (nSPS) is 14.7. The van der Waals surface area contributed by atoms with Crippen molar-refractivity contribution in [2.45, 2.75) is 0 Å². The highest BCUT2D eigenvalue weighted by Gasteiger charge is 2.48. The minimum absolute atomic E-state index is 1.19. The number of nitrogens with zero attached hydrogens (tertiary/aromatic N) is 2. The van der Waals surface area contributed by atoms with Gasteiger partial charge in [-0.05, 0) is 85.5 Å². The van der Waals surface area contributed by atoms with Crippen LogP contribution in [0.1, 0.15) is 0 Å². The lowest BCUT2D eigenvalue weighted by molar-refractivity contribution is 1.17. The van der Waals surface area contributed by atoms with Crippen molar-refractivity contribution in [2.75, 3.05) is 0 Å². The Labute approximate surface area is 332 Å². The molecule has 266 valence electrons. The lowest BCUT2D eigenvalue weighted by Gasteiger charge is -2.40. The first-order chi connectivity index (χ1) is 28.3. The van der Waals surface area contributed by atoms with Crippen molar-refractivity contribution < 1.29 is 0 Å². The minimum atomic E-state index is -3.00. The van der Waals surface area contributed by atoms with E-state index >= 15 is 0 Å². The van der Waals surface area contributed by atoms with Crippen molar-refractivity contribution in [2.24, 2.45) is 0 Å². The second-order valence-electron chi connectivity index (χ2n) is 15.3. The Balaban J connectivity index is 1.25. The summed E-state index contributed by atoms with van der Waals surface area (Å²) in [5.74, 6) is 0.